The second kappa shape index (κ2) is 6.48. The first-order valence-corrected chi connectivity index (χ1v) is 8.90. The van der Waals surface area contributed by atoms with Crippen LogP contribution in [0.2, 0.25) is 0 Å². The molecular weight excluding hydrogens is 304 g/mol. The maximum atomic E-state index is 11.4. The second-order valence-electron chi connectivity index (χ2n) is 7.86. The molecule has 0 saturated heterocycles. The minimum atomic E-state index is -0.105. The van der Waals surface area contributed by atoms with Gasteiger partial charge < -0.3 is 0 Å². The highest BCUT2D eigenvalue weighted by Gasteiger charge is 2.27. The third-order valence-corrected chi connectivity index (χ3v) is 5.52. The van der Waals surface area contributed by atoms with Crippen molar-refractivity contribution < 1.29 is 4.79 Å². The highest BCUT2D eigenvalue weighted by Crippen LogP contribution is 2.36. The van der Waals surface area contributed by atoms with Gasteiger partial charge in [0.1, 0.15) is 0 Å². The van der Waals surface area contributed by atoms with Crippen LogP contribution in [0.5, 0.6) is 0 Å². The van der Waals surface area contributed by atoms with Gasteiger partial charge in [0.05, 0.1) is 0 Å². The Morgan fingerprint density at radius 1 is 0.680 bits per heavy atom. The van der Waals surface area contributed by atoms with Crippen LogP contribution in [0.3, 0.4) is 0 Å². The second-order valence-corrected chi connectivity index (χ2v) is 7.86. The van der Waals surface area contributed by atoms with Gasteiger partial charge in [-0.1, -0.05) is 94.4 Å². The van der Waals surface area contributed by atoms with E-state index in [4.69, 9.17) is 0 Å². The average molecular weight is 330 g/mol. The maximum Gasteiger partial charge on any atom is 0.159 e. The average Bonchev–Trinajstić information content (AvgIpc) is 2.63. The van der Waals surface area contributed by atoms with Crippen LogP contribution in [0.15, 0.2) is 78.4 Å². The van der Waals surface area contributed by atoms with Crippen molar-refractivity contribution in [3.63, 3.8) is 0 Å². The van der Waals surface area contributed by atoms with Gasteiger partial charge in [-0.25, -0.2) is 0 Å². The Kier molecular flexibility index (Phi) is 4.51. The topological polar surface area (TPSA) is 17.1 Å². The molecule has 2 aromatic rings. The zero-order valence-electron chi connectivity index (χ0n) is 15.5. The zero-order chi connectivity index (χ0) is 18.1. The van der Waals surface area contributed by atoms with Crippen molar-refractivity contribution in [1.82, 2.24) is 0 Å². The molecule has 2 aromatic carbocycles. The largest absolute Gasteiger partial charge is 0.295 e. The lowest BCUT2D eigenvalue weighted by atomic mass is 9.73. The highest BCUT2D eigenvalue weighted by atomic mass is 16.1. The number of hydrogen-bond donors (Lipinski definition) is 0. The van der Waals surface area contributed by atoms with Crippen LogP contribution in [0.4, 0.5) is 0 Å². The first kappa shape index (κ1) is 17.4. The van der Waals surface area contributed by atoms with Crippen molar-refractivity contribution in [3.05, 3.63) is 95.1 Å². The number of carbonyl (C=O) groups excluding carboxylic acids is 1. The molecular formula is C24H26O. The zero-order valence-corrected chi connectivity index (χ0v) is 15.5. The van der Waals surface area contributed by atoms with Gasteiger partial charge >= 0.3 is 0 Å². The van der Waals surface area contributed by atoms with Gasteiger partial charge in [-0.05, 0) is 28.3 Å². The van der Waals surface area contributed by atoms with E-state index in [9.17, 15) is 4.79 Å². The fourth-order valence-corrected chi connectivity index (χ4v) is 3.48. The molecule has 0 radical (unpaired) electrons. The van der Waals surface area contributed by atoms with Gasteiger partial charge in [0.2, 0.25) is 0 Å². The van der Waals surface area contributed by atoms with Crippen molar-refractivity contribution >= 4 is 5.78 Å². The summed E-state index contributed by atoms with van der Waals surface area (Å²) >= 11 is 0. The molecule has 128 valence electrons. The van der Waals surface area contributed by atoms with E-state index in [0.717, 1.165) is 0 Å². The Labute approximate surface area is 151 Å². The molecule has 0 aromatic heterocycles. The summed E-state index contributed by atoms with van der Waals surface area (Å²) < 4.78 is 0. The van der Waals surface area contributed by atoms with Gasteiger partial charge in [-0.15, -0.1) is 0 Å². The molecule has 0 saturated carbocycles. The molecule has 0 fully saturated rings. The molecule has 0 spiro atoms. The molecule has 0 aliphatic heterocycles. The standard InChI is InChI=1S/C24H26O/c1-23(2,18-8-6-5-7-9-18)19-10-12-20(13-11-19)24(3,4)21-14-16-22(25)17-15-21/h5-16H,17H2,1-4H3. The predicted octanol–water partition coefficient (Wildman–Crippen LogP) is 5.75. The highest BCUT2D eigenvalue weighted by molar-refractivity contribution is 5.92. The third kappa shape index (κ3) is 3.37. The third-order valence-electron chi connectivity index (χ3n) is 5.52. The van der Waals surface area contributed by atoms with E-state index >= 15 is 0 Å². The summed E-state index contributed by atoms with van der Waals surface area (Å²) in [5.41, 5.74) is 4.97. The van der Waals surface area contributed by atoms with E-state index in [1.165, 1.54) is 22.3 Å². The fraction of sp³-hybridized carbons (Fsp3) is 0.292. The van der Waals surface area contributed by atoms with Crippen LogP contribution < -0.4 is 0 Å². The quantitative estimate of drug-likeness (QED) is 0.698. The Balaban J connectivity index is 1.90. The molecule has 1 nitrogen and oxygen atoms in total. The van der Waals surface area contributed by atoms with E-state index in [1.54, 1.807) is 6.08 Å². The summed E-state index contributed by atoms with van der Waals surface area (Å²) in [6.07, 6.45) is 6.23. The minimum absolute atomic E-state index is 0.0274. The molecule has 3 rings (SSSR count). The van der Waals surface area contributed by atoms with E-state index < -0.39 is 0 Å². The van der Waals surface area contributed by atoms with Crippen LogP contribution in [0.25, 0.3) is 0 Å². The van der Waals surface area contributed by atoms with Crippen molar-refractivity contribution in [2.45, 2.75) is 44.9 Å². The summed E-state index contributed by atoms with van der Waals surface area (Å²) in [4.78, 5) is 11.4. The number of benzene rings is 2. The first-order chi connectivity index (χ1) is 11.8. The van der Waals surface area contributed by atoms with Gasteiger partial charge in [-0.2, -0.15) is 0 Å². The van der Waals surface area contributed by atoms with E-state index in [0.29, 0.717) is 6.42 Å². The van der Waals surface area contributed by atoms with Gasteiger partial charge in [0.15, 0.2) is 5.78 Å². The monoisotopic (exact) mass is 330 g/mol. The number of carbonyl (C=O) groups is 1. The van der Waals surface area contributed by atoms with Crippen LogP contribution in [0, 0.1) is 0 Å². The van der Waals surface area contributed by atoms with E-state index in [-0.39, 0.29) is 16.6 Å². The summed E-state index contributed by atoms with van der Waals surface area (Å²) in [7, 11) is 0. The molecule has 0 N–H and O–H groups in total. The van der Waals surface area contributed by atoms with E-state index in [1.807, 2.05) is 6.08 Å². The molecule has 0 unspecified atom stereocenters. The summed E-state index contributed by atoms with van der Waals surface area (Å²) in [5, 5.41) is 0. The predicted molar refractivity (Wildman–Crippen MR) is 105 cm³/mol. The maximum absolute atomic E-state index is 11.4. The molecule has 0 amide bonds. The molecule has 1 aliphatic rings. The van der Waals surface area contributed by atoms with Crippen molar-refractivity contribution in [1.29, 1.82) is 0 Å². The number of rotatable bonds is 4. The Hall–Kier alpha value is -2.41. The minimum Gasteiger partial charge on any atom is -0.295 e. The molecule has 0 atom stereocenters. The lowest BCUT2D eigenvalue weighted by molar-refractivity contribution is -0.113. The van der Waals surface area contributed by atoms with E-state index in [2.05, 4.69) is 88.4 Å². The van der Waals surface area contributed by atoms with Gasteiger partial charge in [0, 0.05) is 17.3 Å². The molecule has 0 heterocycles. The normalized spacial score (nSPS) is 15.2. The van der Waals surface area contributed by atoms with Crippen molar-refractivity contribution in [3.8, 4) is 0 Å². The van der Waals surface area contributed by atoms with Crippen LogP contribution in [-0.2, 0) is 15.6 Å². The van der Waals surface area contributed by atoms with Crippen molar-refractivity contribution in [2.75, 3.05) is 0 Å². The van der Waals surface area contributed by atoms with Crippen LogP contribution >= 0.6 is 0 Å². The van der Waals surface area contributed by atoms with Crippen LogP contribution in [0.1, 0.15) is 50.8 Å². The molecule has 25 heavy (non-hydrogen) atoms. The molecule has 0 bridgehead atoms. The Morgan fingerprint density at radius 3 is 1.72 bits per heavy atom. The lowest BCUT2D eigenvalue weighted by Crippen LogP contribution is -2.22. The molecule has 1 aliphatic carbocycles. The lowest BCUT2D eigenvalue weighted by Gasteiger charge is -2.30. The Bertz CT molecular complexity index is 818. The van der Waals surface area contributed by atoms with Crippen LogP contribution in [-0.4, -0.2) is 5.78 Å². The van der Waals surface area contributed by atoms with Gasteiger partial charge in [-0.3, -0.25) is 4.79 Å². The SMILES string of the molecule is CC(C)(C1=CCC(=O)C=C1)c1ccc(C(C)(C)c2ccccc2)cc1. The number of allylic oxidation sites excluding steroid dienone is 4. The Morgan fingerprint density at radius 2 is 1.20 bits per heavy atom. The first-order valence-electron chi connectivity index (χ1n) is 8.90. The number of ketones is 1. The molecule has 1 heteroatoms. The number of hydrogen-bond acceptors (Lipinski definition) is 1. The van der Waals surface area contributed by atoms with Gasteiger partial charge in [0.25, 0.3) is 0 Å². The fourth-order valence-electron chi connectivity index (χ4n) is 3.48. The summed E-state index contributed by atoms with van der Waals surface area (Å²) in [5.74, 6) is 0.180. The smallest absolute Gasteiger partial charge is 0.159 e. The summed E-state index contributed by atoms with van der Waals surface area (Å²) in [6, 6.07) is 19.6. The summed E-state index contributed by atoms with van der Waals surface area (Å²) in [6.45, 7) is 8.97. The van der Waals surface area contributed by atoms with Crippen molar-refractivity contribution in [2.24, 2.45) is 0 Å².